The number of rotatable bonds is 2. The van der Waals surface area contributed by atoms with Crippen LogP contribution in [0.1, 0.15) is 22.6 Å². The van der Waals surface area contributed by atoms with E-state index in [-0.39, 0.29) is 16.5 Å². The van der Waals surface area contributed by atoms with Crippen molar-refractivity contribution < 1.29 is 4.92 Å². The predicted molar refractivity (Wildman–Crippen MR) is 77.7 cm³/mol. The first kappa shape index (κ1) is 12.8. The summed E-state index contributed by atoms with van der Waals surface area (Å²) >= 11 is 0. The molecule has 0 N–H and O–H groups in total. The molecule has 1 aliphatic heterocycles. The van der Waals surface area contributed by atoms with Crippen molar-refractivity contribution >= 4 is 5.69 Å². The molecule has 2 aromatic carbocycles. The molecule has 0 bridgehead atoms. The lowest BCUT2D eigenvalue weighted by Gasteiger charge is -2.32. The summed E-state index contributed by atoms with van der Waals surface area (Å²) in [6, 6.07) is 15.6. The number of nitro benzene ring substituents is 1. The molecule has 4 nitrogen and oxygen atoms in total. The topological polar surface area (TPSA) is 46.4 Å². The Balaban J connectivity index is 2.14. The van der Waals surface area contributed by atoms with Gasteiger partial charge in [0, 0.05) is 30.6 Å². The molecular formula is C16H16N2O2. The largest absolute Gasteiger partial charge is 0.301 e. The van der Waals surface area contributed by atoms with Gasteiger partial charge >= 0.3 is 0 Å². The van der Waals surface area contributed by atoms with Crippen molar-refractivity contribution in [1.29, 1.82) is 0 Å². The van der Waals surface area contributed by atoms with Crippen LogP contribution in [0.2, 0.25) is 0 Å². The van der Waals surface area contributed by atoms with E-state index >= 15 is 0 Å². The summed E-state index contributed by atoms with van der Waals surface area (Å²) < 4.78 is 0. The minimum atomic E-state index is -0.278. The summed E-state index contributed by atoms with van der Waals surface area (Å²) in [5.74, 6) is 0.199. The van der Waals surface area contributed by atoms with E-state index < -0.39 is 0 Å². The molecule has 102 valence electrons. The summed E-state index contributed by atoms with van der Waals surface area (Å²) in [5.41, 5.74) is 3.37. The number of benzene rings is 2. The van der Waals surface area contributed by atoms with Crippen LogP contribution in [0.4, 0.5) is 5.69 Å². The van der Waals surface area contributed by atoms with Gasteiger partial charge in [-0.1, -0.05) is 42.5 Å². The Kier molecular flexibility index (Phi) is 3.24. The summed E-state index contributed by atoms with van der Waals surface area (Å²) in [5, 5.41) is 11.2. The van der Waals surface area contributed by atoms with E-state index in [1.54, 1.807) is 12.1 Å². The zero-order chi connectivity index (χ0) is 14.1. The third-order valence-corrected chi connectivity index (χ3v) is 3.88. The van der Waals surface area contributed by atoms with Gasteiger partial charge in [0.15, 0.2) is 0 Å². The summed E-state index contributed by atoms with van der Waals surface area (Å²) in [6.45, 7) is 1.52. The van der Waals surface area contributed by atoms with Crippen LogP contribution in [0.25, 0.3) is 0 Å². The van der Waals surface area contributed by atoms with E-state index in [1.165, 1.54) is 5.56 Å². The molecule has 1 heterocycles. The maximum Gasteiger partial charge on any atom is 0.274 e. The average Bonchev–Trinajstić information content (AvgIpc) is 2.46. The van der Waals surface area contributed by atoms with Gasteiger partial charge in [0.1, 0.15) is 0 Å². The van der Waals surface area contributed by atoms with Crippen molar-refractivity contribution in [2.45, 2.75) is 12.5 Å². The van der Waals surface area contributed by atoms with Crippen molar-refractivity contribution in [3.05, 3.63) is 75.3 Å². The second-order valence-corrected chi connectivity index (χ2v) is 5.26. The molecule has 1 unspecified atom stereocenters. The zero-order valence-electron chi connectivity index (χ0n) is 11.3. The maximum atomic E-state index is 11.2. The Labute approximate surface area is 117 Å². The summed E-state index contributed by atoms with van der Waals surface area (Å²) in [6.07, 6.45) is 0. The first-order chi connectivity index (χ1) is 9.66. The average molecular weight is 268 g/mol. The lowest BCUT2D eigenvalue weighted by atomic mass is 9.84. The molecular weight excluding hydrogens is 252 g/mol. The minimum absolute atomic E-state index is 0.199. The third kappa shape index (κ3) is 2.18. The SMILES string of the molecule is CN1Cc2c(cccc2[N+](=O)[O-])C(c2ccccc2)C1. The Morgan fingerprint density at radius 1 is 1.15 bits per heavy atom. The second-order valence-electron chi connectivity index (χ2n) is 5.26. The van der Waals surface area contributed by atoms with Crippen LogP contribution in [0.3, 0.4) is 0 Å². The maximum absolute atomic E-state index is 11.2. The highest BCUT2D eigenvalue weighted by molar-refractivity contribution is 5.51. The van der Waals surface area contributed by atoms with E-state index in [9.17, 15) is 10.1 Å². The molecule has 0 spiro atoms. The van der Waals surface area contributed by atoms with E-state index in [1.807, 2.05) is 31.3 Å². The van der Waals surface area contributed by atoms with Gasteiger partial charge < -0.3 is 4.90 Å². The van der Waals surface area contributed by atoms with Crippen molar-refractivity contribution in [1.82, 2.24) is 4.90 Å². The molecule has 0 aliphatic carbocycles. The second kappa shape index (κ2) is 5.06. The first-order valence-corrected chi connectivity index (χ1v) is 6.66. The van der Waals surface area contributed by atoms with Crippen molar-refractivity contribution in [2.24, 2.45) is 0 Å². The van der Waals surface area contributed by atoms with Crippen LogP contribution in [-0.4, -0.2) is 23.4 Å². The number of hydrogen-bond donors (Lipinski definition) is 0. The van der Waals surface area contributed by atoms with E-state index in [0.717, 1.165) is 17.7 Å². The van der Waals surface area contributed by atoms with Crippen LogP contribution < -0.4 is 0 Å². The molecule has 2 aromatic rings. The summed E-state index contributed by atoms with van der Waals surface area (Å²) in [7, 11) is 2.01. The molecule has 0 saturated heterocycles. The highest BCUT2D eigenvalue weighted by Gasteiger charge is 2.29. The van der Waals surface area contributed by atoms with Crippen molar-refractivity contribution in [3.8, 4) is 0 Å². The van der Waals surface area contributed by atoms with Crippen LogP contribution in [0.15, 0.2) is 48.5 Å². The Bertz CT molecular complexity index is 640. The quantitative estimate of drug-likeness (QED) is 0.621. The number of fused-ring (bicyclic) bond motifs is 1. The monoisotopic (exact) mass is 268 g/mol. The van der Waals surface area contributed by atoms with E-state index in [4.69, 9.17) is 0 Å². The fourth-order valence-electron chi connectivity index (χ4n) is 2.98. The summed E-state index contributed by atoms with van der Waals surface area (Å²) in [4.78, 5) is 13.1. The molecule has 0 aromatic heterocycles. The number of likely N-dealkylation sites (N-methyl/N-ethyl adjacent to an activating group) is 1. The molecule has 0 saturated carbocycles. The fourth-order valence-corrected chi connectivity index (χ4v) is 2.98. The lowest BCUT2D eigenvalue weighted by Crippen LogP contribution is -2.31. The highest BCUT2D eigenvalue weighted by atomic mass is 16.6. The third-order valence-electron chi connectivity index (χ3n) is 3.88. The predicted octanol–water partition coefficient (Wildman–Crippen LogP) is 3.17. The standard InChI is InChI=1S/C16H16N2O2/c1-17-10-14(12-6-3-2-4-7-12)13-8-5-9-16(18(19)20)15(13)11-17/h2-9,14H,10-11H2,1H3. The molecule has 20 heavy (non-hydrogen) atoms. The molecule has 0 amide bonds. The van der Waals surface area contributed by atoms with Gasteiger partial charge in [-0.05, 0) is 18.2 Å². The molecule has 0 fully saturated rings. The molecule has 4 heteroatoms. The lowest BCUT2D eigenvalue weighted by molar-refractivity contribution is -0.385. The van der Waals surface area contributed by atoms with Crippen LogP contribution in [0.5, 0.6) is 0 Å². The smallest absolute Gasteiger partial charge is 0.274 e. The Morgan fingerprint density at radius 2 is 1.90 bits per heavy atom. The molecule has 1 aliphatic rings. The van der Waals surface area contributed by atoms with Crippen LogP contribution in [0, 0.1) is 10.1 Å². The number of nitro groups is 1. The minimum Gasteiger partial charge on any atom is -0.301 e. The molecule has 1 atom stereocenters. The van der Waals surface area contributed by atoms with Gasteiger partial charge in [-0.3, -0.25) is 10.1 Å². The van der Waals surface area contributed by atoms with Gasteiger partial charge in [0.25, 0.3) is 5.69 Å². The number of nitrogens with zero attached hydrogens (tertiary/aromatic N) is 2. The Morgan fingerprint density at radius 3 is 2.60 bits per heavy atom. The van der Waals surface area contributed by atoms with Crippen LogP contribution >= 0.6 is 0 Å². The first-order valence-electron chi connectivity index (χ1n) is 6.66. The fraction of sp³-hybridized carbons (Fsp3) is 0.250. The molecule has 3 rings (SSSR count). The zero-order valence-corrected chi connectivity index (χ0v) is 11.3. The van der Waals surface area contributed by atoms with Gasteiger partial charge in [0.2, 0.25) is 0 Å². The van der Waals surface area contributed by atoms with Gasteiger partial charge in [-0.15, -0.1) is 0 Å². The van der Waals surface area contributed by atoms with Crippen LogP contribution in [-0.2, 0) is 6.54 Å². The van der Waals surface area contributed by atoms with Crippen molar-refractivity contribution in [3.63, 3.8) is 0 Å². The highest BCUT2D eigenvalue weighted by Crippen LogP contribution is 2.36. The Hall–Kier alpha value is -2.20. The van der Waals surface area contributed by atoms with Gasteiger partial charge in [0.05, 0.1) is 4.92 Å². The van der Waals surface area contributed by atoms with E-state index in [2.05, 4.69) is 17.0 Å². The van der Waals surface area contributed by atoms with Gasteiger partial charge in [-0.25, -0.2) is 0 Å². The van der Waals surface area contributed by atoms with Crippen molar-refractivity contribution in [2.75, 3.05) is 13.6 Å². The van der Waals surface area contributed by atoms with Gasteiger partial charge in [-0.2, -0.15) is 0 Å². The van der Waals surface area contributed by atoms with E-state index in [0.29, 0.717) is 6.54 Å². The number of hydrogen-bond acceptors (Lipinski definition) is 3. The normalized spacial score (nSPS) is 18.6. The molecule has 0 radical (unpaired) electrons.